The lowest BCUT2D eigenvalue weighted by Gasteiger charge is -2.35. The lowest BCUT2D eigenvalue weighted by atomic mass is 9.80. The standard InChI is InChI=1S/C24H24Cl2F7N3O3S/c1-20(2,39)9-34-17(37)18-35-15(19(38)36-8-7-21(3,27)10-36)16(40-18)11-5-6-12(14(26)13(11)25)22(4,23(28,29)30)24(31,32)33/h5-6,39H,7-10H2,1-4H3,(H,34,37)/t21-/m0/s1. The predicted octanol–water partition coefficient (Wildman–Crippen LogP) is 6.57. The molecule has 6 nitrogen and oxygen atoms in total. The molecule has 0 bridgehead atoms. The number of aromatic nitrogens is 1. The maximum atomic E-state index is 14.5. The van der Waals surface area contributed by atoms with E-state index in [1.54, 1.807) is 0 Å². The summed E-state index contributed by atoms with van der Waals surface area (Å²) in [7, 11) is 0. The van der Waals surface area contributed by atoms with Crippen molar-refractivity contribution in [1.82, 2.24) is 15.2 Å². The fourth-order valence-corrected chi connectivity index (χ4v) is 5.62. The number of carbonyl (C=O) groups is 2. The van der Waals surface area contributed by atoms with Crippen LogP contribution in [0.25, 0.3) is 10.4 Å². The molecule has 40 heavy (non-hydrogen) atoms. The summed E-state index contributed by atoms with van der Waals surface area (Å²) in [6.45, 7) is 3.50. The molecule has 1 saturated heterocycles. The summed E-state index contributed by atoms with van der Waals surface area (Å²) in [5.74, 6) is -1.66. The molecule has 222 valence electrons. The van der Waals surface area contributed by atoms with Gasteiger partial charge in [-0.15, -0.1) is 11.3 Å². The molecule has 0 spiro atoms. The van der Waals surface area contributed by atoms with Crippen LogP contribution < -0.4 is 5.32 Å². The van der Waals surface area contributed by atoms with E-state index < -0.39 is 62.2 Å². The number of carbonyl (C=O) groups excluding carboxylic acids is 2. The van der Waals surface area contributed by atoms with Crippen LogP contribution >= 0.6 is 34.5 Å². The highest BCUT2D eigenvalue weighted by Crippen LogP contribution is 2.55. The van der Waals surface area contributed by atoms with Crippen molar-refractivity contribution in [1.29, 1.82) is 0 Å². The van der Waals surface area contributed by atoms with Crippen molar-refractivity contribution in [2.24, 2.45) is 0 Å². The van der Waals surface area contributed by atoms with Crippen molar-refractivity contribution in [3.63, 3.8) is 0 Å². The Hall–Kier alpha value is -2.16. The predicted molar refractivity (Wildman–Crippen MR) is 136 cm³/mol. The molecular weight excluding hydrogens is 614 g/mol. The van der Waals surface area contributed by atoms with E-state index in [1.165, 1.54) is 20.8 Å². The number of likely N-dealkylation sites (tertiary alicyclic amines) is 1. The van der Waals surface area contributed by atoms with E-state index in [-0.39, 0.29) is 48.4 Å². The number of benzene rings is 1. The van der Waals surface area contributed by atoms with Gasteiger partial charge in [0.1, 0.15) is 11.4 Å². The van der Waals surface area contributed by atoms with Crippen LogP contribution in [0.2, 0.25) is 10.0 Å². The first kappa shape index (κ1) is 32.4. The Morgan fingerprint density at radius 3 is 2.15 bits per heavy atom. The summed E-state index contributed by atoms with van der Waals surface area (Å²) in [5, 5.41) is 10.2. The largest absolute Gasteiger partial charge is 0.406 e. The first-order chi connectivity index (χ1) is 18.0. The zero-order chi connectivity index (χ0) is 30.6. The van der Waals surface area contributed by atoms with Crippen molar-refractivity contribution in [2.75, 3.05) is 19.6 Å². The summed E-state index contributed by atoms with van der Waals surface area (Å²) in [6, 6.07) is 1.33. The second-order valence-corrected chi connectivity index (χ2v) is 12.2. The minimum atomic E-state index is -5.80. The number of amides is 2. The van der Waals surface area contributed by atoms with Gasteiger partial charge in [0.25, 0.3) is 11.8 Å². The van der Waals surface area contributed by atoms with Gasteiger partial charge in [0.15, 0.2) is 10.4 Å². The van der Waals surface area contributed by atoms with Crippen LogP contribution in [-0.2, 0) is 5.41 Å². The van der Waals surface area contributed by atoms with Crippen LogP contribution in [0.5, 0.6) is 0 Å². The minimum absolute atomic E-state index is 0.00584. The second-order valence-electron chi connectivity index (χ2n) is 10.5. The lowest BCUT2D eigenvalue weighted by molar-refractivity contribution is -0.297. The smallest absolute Gasteiger partial charge is 0.389 e. The molecule has 2 N–H and O–H groups in total. The van der Waals surface area contributed by atoms with E-state index in [4.69, 9.17) is 23.2 Å². The third kappa shape index (κ3) is 6.19. The fraction of sp³-hybridized carbons (Fsp3) is 0.542. The number of aliphatic hydroxyl groups is 1. The van der Waals surface area contributed by atoms with Crippen LogP contribution in [0, 0.1) is 0 Å². The number of hydrogen-bond donors (Lipinski definition) is 2. The van der Waals surface area contributed by atoms with Gasteiger partial charge in [-0.3, -0.25) is 9.59 Å². The summed E-state index contributed by atoms with van der Waals surface area (Å²) in [4.78, 5) is 31.0. The van der Waals surface area contributed by atoms with E-state index in [0.29, 0.717) is 17.4 Å². The summed E-state index contributed by atoms with van der Waals surface area (Å²) >= 11 is 12.8. The molecule has 2 aromatic rings. The van der Waals surface area contributed by atoms with Gasteiger partial charge in [-0.1, -0.05) is 35.3 Å². The average Bonchev–Trinajstić information content (AvgIpc) is 3.40. The lowest BCUT2D eigenvalue weighted by Crippen LogP contribution is -2.51. The van der Waals surface area contributed by atoms with E-state index >= 15 is 0 Å². The van der Waals surface area contributed by atoms with E-state index in [2.05, 4.69) is 10.3 Å². The van der Waals surface area contributed by atoms with Crippen LogP contribution in [0.1, 0.15) is 60.0 Å². The molecule has 0 radical (unpaired) electrons. The summed E-state index contributed by atoms with van der Waals surface area (Å²) in [6.07, 6.45) is -11.6. The molecule has 1 aliphatic heterocycles. The van der Waals surface area contributed by atoms with Crippen molar-refractivity contribution in [2.45, 2.75) is 63.2 Å². The van der Waals surface area contributed by atoms with Gasteiger partial charge in [0, 0.05) is 25.1 Å². The Balaban J connectivity index is 2.18. The number of alkyl halides is 7. The van der Waals surface area contributed by atoms with Gasteiger partial charge in [-0.05, 0) is 33.3 Å². The number of nitrogens with zero attached hydrogens (tertiary/aromatic N) is 2. The highest BCUT2D eigenvalue weighted by Gasteiger charge is 2.69. The molecule has 1 aliphatic rings. The highest BCUT2D eigenvalue weighted by atomic mass is 35.5. The molecular formula is C24H24Cl2F7N3O3S. The topological polar surface area (TPSA) is 82.5 Å². The van der Waals surface area contributed by atoms with E-state index in [9.17, 15) is 45.4 Å². The Morgan fingerprint density at radius 1 is 1.10 bits per heavy atom. The number of thiazole rings is 1. The first-order valence-electron chi connectivity index (χ1n) is 11.6. The molecule has 0 saturated carbocycles. The normalized spacial score (nSPS) is 18.8. The highest BCUT2D eigenvalue weighted by molar-refractivity contribution is 7.17. The number of halogens is 9. The maximum absolute atomic E-state index is 14.5. The quantitative estimate of drug-likeness (QED) is 0.351. The molecule has 16 heteroatoms. The van der Waals surface area contributed by atoms with Crippen LogP contribution in [0.15, 0.2) is 12.1 Å². The first-order valence-corrected chi connectivity index (χ1v) is 13.2. The van der Waals surface area contributed by atoms with Gasteiger partial charge in [-0.25, -0.2) is 9.37 Å². The molecule has 1 aromatic carbocycles. The molecule has 2 heterocycles. The number of hydrogen-bond acceptors (Lipinski definition) is 5. The van der Waals surface area contributed by atoms with Crippen LogP contribution in [0.4, 0.5) is 30.7 Å². The SMILES string of the molecule is CC(C)(O)CNC(=O)c1nc(C(=O)N2CC[C@](C)(F)C2)c(-c2ccc(C(C)(C(F)(F)F)C(F)(F)F)c(Cl)c2Cl)s1. The number of rotatable bonds is 6. The Morgan fingerprint density at radius 2 is 1.68 bits per heavy atom. The minimum Gasteiger partial charge on any atom is -0.389 e. The fourth-order valence-electron chi connectivity index (χ4n) is 3.94. The molecule has 1 aromatic heterocycles. The van der Waals surface area contributed by atoms with Crippen molar-refractivity contribution < 1.29 is 45.4 Å². The maximum Gasteiger partial charge on any atom is 0.406 e. The van der Waals surface area contributed by atoms with Crippen molar-refractivity contribution in [3.05, 3.63) is 38.4 Å². The van der Waals surface area contributed by atoms with E-state index in [0.717, 1.165) is 11.0 Å². The zero-order valence-electron chi connectivity index (χ0n) is 21.5. The zero-order valence-corrected chi connectivity index (χ0v) is 23.8. The molecule has 1 fully saturated rings. The molecule has 1 atom stereocenters. The number of nitrogens with one attached hydrogen (secondary N) is 1. The third-order valence-electron chi connectivity index (χ3n) is 6.42. The van der Waals surface area contributed by atoms with Gasteiger partial charge in [-0.2, -0.15) is 26.3 Å². The Bertz CT molecular complexity index is 1310. The molecule has 3 rings (SSSR count). The second kappa shape index (κ2) is 10.6. The molecule has 0 aliphatic carbocycles. The molecule has 0 unspecified atom stereocenters. The molecule has 2 amide bonds. The van der Waals surface area contributed by atoms with Gasteiger partial charge in [0.05, 0.1) is 27.1 Å². The van der Waals surface area contributed by atoms with Crippen molar-refractivity contribution >= 4 is 46.4 Å². The van der Waals surface area contributed by atoms with Crippen LogP contribution in [0.3, 0.4) is 0 Å². The average molecular weight is 638 g/mol. The Labute approximate surface area is 238 Å². The monoisotopic (exact) mass is 637 g/mol. The van der Waals surface area contributed by atoms with Gasteiger partial charge >= 0.3 is 12.4 Å². The van der Waals surface area contributed by atoms with E-state index in [1.807, 2.05) is 0 Å². The van der Waals surface area contributed by atoms with Gasteiger partial charge < -0.3 is 15.3 Å². The third-order valence-corrected chi connectivity index (χ3v) is 8.39. The summed E-state index contributed by atoms with van der Waals surface area (Å²) in [5.41, 5.74) is -9.44. The van der Waals surface area contributed by atoms with Crippen LogP contribution in [-0.4, -0.2) is 70.1 Å². The summed E-state index contributed by atoms with van der Waals surface area (Å²) < 4.78 is 96.7. The Kier molecular flexibility index (Phi) is 8.57. The van der Waals surface area contributed by atoms with Crippen molar-refractivity contribution in [3.8, 4) is 10.4 Å². The van der Waals surface area contributed by atoms with Gasteiger partial charge in [0.2, 0.25) is 0 Å².